The van der Waals surface area contributed by atoms with Crippen LogP contribution >= 0.6 is 0 Å². The third-order valence-electron chi connectivity index (χ3n) is 8.30. The van der Waals surface area contributed by atoms with Crippen LogP contribution in [0.25, 0.3) is 33.4 Å². The molecule has 0 N–H and O–H groups in total. The summed E-state index contributed by atoms with van der Waals surface area (Å²) < 4.78 is 32.5. The summed E-state index contributed by atoms with van der Waals surface area (Å²) in [6.07, 6.45) is 2.33. The molecule has 0 spiro atoms. The van der Waals surface area contributed by atoms with Crippen LogP contribution in [0.1, 0.15) is 62.2 Å². The van der Waals surface area contributed by atoms with Gasteiger partial charge >= 0.3 is 0 Å². The van der Waals surface area contributed by atoms with Gasteiger partial charge in [0.25, 0.3) is 6.43 Å². The number of alkyl halides is 2. The first-order chi connectivity index (χ1) is 19.1. The summed E-state index contributed by atoms with van der Waals surface area (Å²) in [7, 11) is 3.54. The summed E-state index contributed by atoms with van der Waals surface area (Å²) in [5.74, 6) is 1.12. The molecule has 1 fully saturated rings. The first-order valence-electron chi connectivity index (χ1n) is 13.6. The van der Waals surface area contributed by atoms with Crippen molar-refractivity contribution < 1.29 is 13.6 Å². The number of rotatable bonds is 5. The van der Waals surface area contributed by atoms with Crippen LogP contribution in [0.2, 0.25) is 0 Å². The normalized spacial score (nSPS) is 18.2. The van der Waals surface area contributed by atoms with E-state index in [9.17, 15) is 13.6 Å². The number of amides is 1. The van der Waals surface area contributed by atoms with Crippen molar-refractivity contribution >= 4 is 16.8 Å². The zero-order valence-corrected chi connectivity index (χ0v) is 23.2. The number of hydrogen-bond donors (Lipinski definition) is 0. The summed E-state index contributed by atoms with van der Waals surface area (Å²) in [5.41, 5.74) is 4.68. The van der Waals surface area contributed by atoms with Gasteiger partial charge in [-0.1, -0.05) is 18.7 Å². The largest absolute Gasteiger partial charge is 0.375 e. The number of fused-ring (bicyclic) bond motifs is 2. The maximum Gasteiger partial charge on any atom is 0.265 e. The van der Waals surface area contributed by atoms with Crippen molar-refractivity contribution in [3.05, 3.63) is 66.0 Å². The molecule has 4 aromatic rings. The first kappa shape index (κ1) is 26.2. The second-order valence-electron chi connectivity index (χ2n) is 11.0. The number of piperidine rings is 1. The van der Waals surface area contributed by atoms with Gasteiger partial charge in [0.1, 0.15) is 11.9 Å². The topological polar surface area (TPSA) is 72.1 Å². The van der Waals surface area contributed by atoms with E-state index in [1.54, 1.807) is 42.1 Å². The summed E-state index contributed by atoms with van der Waals surface area (Å²) in [6, 6.07) is 6.79. The fourth-order valence-corrected chi connectivity index (χ4v) is 6.18. The summed E-state index contributed by atoms with van der Waals surface area (Å²) in [4.78, 5) is 27.0. The Labute approximate surface area is 231 Å². The quantitative estimate of drug-likeness (QED) is 0.323. The van der Waals surface area contributed by atoms with E-state index in [4.69, 9.17) is 9.97 Å². The Morgan fingerprint density at radius 3 is 2.52 bits per heavy atom. The van der Waals surface area contributed by atoms with Crippen LogP contribution in [0.5, 0.6) is 0 Å². The van der Waals surface area contributed by atoms with Crippen LogP contribution in [-0.2, 0) is 18.4 Å². The first-order valence-corrected chi connectivity index (χ1v) is 13.6. The Balaban J connectivity index is 1.53. The number of halogens is 2. The lowest BCUT2D eigenvalue weighted by Gasteiger charge is -2.36. The minimum Gasteiger partial charge on any atom is -0.375 e. The number of pyridine rings is 1. The molecule has 0 saturated carbocycles. The second kappa shape index (κ2) is 9.83. The van der Waals surface area contributed by atoms with Gasteiger partial charge in [0, 0.05) is 67.1 Å². The predicted molar refractivity (Wildman–Crippen MR) is 150 cm³/mol. The predicted octanol–water partition coefficient (Wildman–Crippen LogP) is 5.68. The molecule has 5 heterocycles. The third-order valence-corrected chi connectivity index (χ3v) is 8.30. The molecule has 0 unspecified atom stereocenters. The van der Waals surface area contributed by atoms with E-state index in [1.807, 2.05) is 32.0 Å². The van der Waals surface area contributed by atoms with E-state index in [0.717, 1.165) is 54.4 Å². The van der Waals surface area contributed by atoms with E-state index in [1.165, 1.54) is 0 Å². The molecular formula is C30H33F2N7O. The monoisotopic (exact) mass is 545 g/mol. The molecule has 0 aliphatic carbocycles. The minimum atomic E-state index is -2.71. The fraction of sp³-hybridized carbons (Fsp3) is 0.400. The number of allylic oxidation sites excluding steroid dienone is 1. The van der Waals surface area contributed by atoms with Gasteiger partial charge in [-0.2, -0.15) is 5.10 Å². The van der Waals surface area contributed by atoms with Crippen molar-refractivity contribution in [2.45, 2.75) is 51.6 Å². The third kappa shape index (κ3) is 4.26. The van der Waals surface area contributed by atoms with E-state index in [2.05, 4.69) is 21.1 Å². The van der Waals surface area contributed by atoms with Crippen molar-refractivity contribution in [2.24, 2.45) is 7.05 Å². The lowest BCUT2D eigenvalue weighted by atomic mass is 9.95. The van der Waals surface area contributed by atoms with Gasteiger partial charge in [0.05, 0.1) is 35.3 Å². The highest BCUT2D eigenvalue weighted by molar-refractivity contribution is 5.96. The van der Waals surface area contributed by atoms with Crippen LogP contribution in [0.15, 0.2) is 48.9 Å². The molecular weight excluding hydrogens is 512 g/mol. The van der Waals surface area contributed by atoms with Crippen LogP contribution < -0.4 is 0 Å². The average Bonchev–Trinajstić information content (AvgIpc) is 3.54. The molecule has 0 radical (unpaired) electrons. The van der Waals surface area contributed by atoms with Crippen molar-refractivity contribution in [1.29, 1.82) is 0 Å². The zero-order valence-electron chi connectivity index (χ0n) is 23.2. The van der Waals surface area contributed by atoms with Crippen LogP contribution in [0.4, 0.5) is 8.78 Å². The average molecular weight is 546 g/mol. The molecule has 0 bridgehead atoms. The highest BCUT2D eigenvalue weighted by Crippen LogP contribution is 2.41. The van der Waals surface area contributed by atoms with E-state index in [0.29, 0.717) is 23.0 Å². The smallest absolute Gasteiger partial charge is 0.265 e. The highest BCUT2D eigenvalue weighted by Gasteiger charge is 2.36. The minimum absolute atomic E-state index is 0.0396. The summed E-state index contributed by atoms with van der Waals surface area (Å²) in [5, 5.41) is 4.76. The highest BCUT2D eigenvalue weighted by atomic mass is 19.3. The molecule has 208 valence electrons. The lowest BCUT2D eigenvalue weighted by molar-refractivity contribution is -0.135. The SMILES string of the molecule is C=C(C)N1CCC(c2nc(-c3cccc4nc(-c5cnn(C)c5)c(C(F)F)cc34)c3n2[C@H](C)C(=O)N(C)C3)CC1. The molecule has 8 nitrogen and oxygen atoms in total. The summed E-state index contributed by atoms with van der Waals surface area (Å²) >= 11 is 0. The number of likely N-dealkylation sites (tertiary alicyclic amines) is 1. The molecule has 2 aliphatic rings. The second-order valence-corrected chi connectivity index (χ2v) is 11.0. The van der Waals surface area contributed by atoms with Gasteiger partial charge in [0.2, 0.25) is 5.91 Å². The van der Waals surface area contributed by atoms with Gasteiger partial charge in [0.15, 0.2) is 0 Å². The van der Waals surface area contributed by atoms with E-state index >= 15 is 0 Å². The van der Waals surface area contributed by atoms with Gasteiger partial charge in [-0.05, 0) is 38.8 Å². The molecule has 1 amide bonds. The molecule has 3 aromatic heterocycles. The zero-order chi connectivity index (χ0) is 28.3. The van der Waals surface area contributed by atoms with Gasteiger partial charge < -0.3 is 14.4 Å². The van der Waals surface area contributed by atoms with Crippen molar-refractivity contribution in [3.8, 4) is 22.5 Å². The number of hydrogen-bond acceptors (Lipinski definition) is 5. The van der Waals surface area contributed by atoms with Crippen molar-refractivity contribution in [1.82, 2.24) is 34.1 Å². The number of nitrogens with zero attached hydrogens (tertiary/aromatic N) is 7. The fourth-order valence-electron chi connectivity index (χ4n) is 6.18. The molecule has 40 heavy (non-hydrogen) atoms. The Morgan fingerprint density at radius 2 is 1.88 bits per heavy atom. The van der Waals surface area contributed by atoms with Gasteiger partial charge in [-0.15, -0.1) is 0 Å². The summed E-state index contributed by atoms with van der Waals surface area (Å²) in [6.45, 7) is 10.2. The van der Waals surface area contributed by atoms with Crippen LogP contribution in [0, 0.1) is 0 Å². The van der Waals surface area contributed by atoms with Crippen molar-refractivity contribution in [3.63, 3.8) is 0 Å². The number of benzene rings is 1. The molecule has 6 rings (SSSR count). The lowest BCUT2D eigenvalue weighted by Crippen LogP contribution is -2.40. The number of imidazole rings is 1. The molecule has 1 atom stereocenters. The standard InChI is InChI=1S/C30H33F2N7O/c1-17(2)38-11-9-19(10-12-38)29-35-27(25-16-36(4)30(40)18(3)39(25)29)21-7-6-8-24-22(21)13-23(28(31)32)26(34-24)20-14-33-37(5)15-20/h6-8,13-15,18-19,28H,1,9-12,16H2,2-5H3/t18-/m1/s1. The number of carbonyl (C=O) groups excluding carboxylic acids is 1. The van der Waals surface area contributed by atoms with Crippen LogP contribution in [-0.4, -0.2) is 60.2 Å². The molecule has 2 aliphatic heterocycles. The van der Waals surface area contributed by atoms with Gasteiger partial charge in [-0.3, -0.25) is 9.48 Å². The maximum atomic E-state index is 14.4. The Hall–Kier alpha value is -4.08. The molecule has 1 aromatic carbocycles. The number of aromatic nitrogens is 5. The Kier molecular flexibility index (Phi) is 6.43. The molecule has 10 heteroatoms. The Bertz CT molecular complexity index is 1630. The molecule has 1 saturated heterocycles. The maximum absolute atomic E-state index is 14.4. The number of likely N-dealkylation sites (N-methyl/N-ethyl adjacent to an activating group) is 1. The van der Waals surface area contributed by atoms with E-state index < -0.39 is 12.5 Å². The van der Waals surface area contributed by atoms with Crippen molar-refractivity contribution in [2.75, 3.05) is 20.1 Å². The van der Waals surface area contributed by atoms with Gasteiger partial charge in [-0.25, -0.2) is 18.7 Å². The van der Waals surface area contributed by atoms with E-state index in [-0.39, 0.29) is 23.1 Å². The Morgan fingerprint density at radius 1 is 1.12 bits per heavy atom. The number of aryl methyl sites for hydroxylation is 1. The number of carbonyl (C=O) groups is 1. The van der Waals surface area contributed by atoms with Crippen LogP contribution in [0.3, 0.4) is 0 Å².